The summed E-state index contributed by atoms with van der Waals surface area (Å²) in [5.41, 5.74) is -0.590. The molecule has 1 heterocycles. The lowest BCUT2D eigenvalue weighted by Gasteiger charge is -2.18. The van der Waals surface area contributed by atoms with Crippen molar-refractivity contribution < 1.29 is 17.6 Å². The molecule has 0 unspecified atom stereocenters. The van der Waals surface area contributed by atoms with Crippen LogP contribution in [0.15, 0.2) is 21.6 Å². The molecular weight excluding hydrogens is 218 g/mol. The molecule has 1 aromatic heterocycles. The van der Waals surface area contributed by atoms with Gasteiger partial charge in [0.25, 0.3) is 10.0 Å². The van der Waals surface area contributed by atoms with Gasteiger partial charge in [0.1, 0.15) is 0 Å². The maximum atomic E-state index is 11.7. The third-order valence-electron chi connectivity index (χ3n) is 1.42. The molecule has 1 N–H and O–H groups in total. The van der Waals surface area contributed by atoms with Gasteiger partial charge in [-0.1, -0.05) is 0 Å². The van der Waals surface area contributed by atoms with Gasteiger partial charge in [-0.2, -0.15) is 0 Å². The summed E-state index contributed by atoms with van der Waals surface area (Å²) in [6.07, 6.45) is 0.454. The maximum absolute atomic E-state index is 11.7. The Morgan fingerprint density at radius 1 is 1.33 bits per heavy atom. The van der Waals surface area contributed by atoms with Gasteiger partial charge in [0, 0.05) is 5.54 Å². The molecule has 5 nitrogen and oxygen atoms in total. The van der Waals surface area contributed by atoms with Crippen LogP contribution in [0, 0.1) is 0 Å². The minimum Gasteiger partial charge on any atom is -0.440 e. The van der Waals surface area contributed by atoms with Crippen molar-refractivity contribution >= 4 is 16.3 Å². The second-order valence-electron chi connectivity index (χ2n) is 4.13. The summed E-state index contributed by atoms with van der Waals surface area (Å²) in [5.74, 6) is -0.00992. The van der Waals surface area contributed by atoms with Crippen molar-refractivity contribution in [3.8, 4) is 0 Å². The number of carbonyl (C=O) groups is 1. The Morgan fingerprint density at radius 3 is 2.33 bits per heavy atom. The Kier molecular flexibility index (Phi) is 3.01. The van der Waals surface area contributed by atoms with Crippen molar-refractivity contribution in [2.45, 2.75) is 31.4 Å². The average Bonchev–Trinajstić information content (AvgIpc) is 2.47. The fourth-order valence-electron chi connectivity index (χ4n) is 0.996. The van der Waals surface area contributed by atoms with Gasteiger partial charge < -0.3 is 4.42 Å². The second-order valence-corrected chi connectivity index (χ2v) is 5.74. The Balaban J connectivity index is 3.01. The topological polar surface area (TPSA) is 76.4 Å². The van der Waals surface area contributed by atoms with Gasteiger partial charge in [0.05, 0.1) is 0 Å². The number of rotatable bonds is 3. The zero-order chi connectivity index (χ0) is 11.7. The molecule has 0 aliphatic rings. The molecule has 0 atom stereocenters. The number of sulfonamides is 1. The lowest BCUT2D eigenvalue weighted by molar-refractivity contribution is 0.109. The molecule has 0 aromatic carbocycles. The number of nitrogens with one attached hydrogen (secondary N) is 1. The molecule has 0 aliphatic heterocycles. The molecule has 1 aromatic rings. The molecular formula is C9H13NO4S. The van der Waals surface area contributed by atoms with Gasteiger partial charge in [0.2, 0.25) is 5.09 Å². The van der Waals surface area contributed by atoms with Crippen LogP contribution in [0.3, 0.4) is 0 Å². The van der Waals surface area contributed by atoms with E-state index in [2.05, 4.69) is 4.72 Å². The zero-order valence-corrected chi connectivity index (χ0v) is 9.59. The van der Waals surface area contributed by atoms with E-state index in [9.17, 15) is 13.2 Å². The monoisotopic (exact) mass is 231 g/mol. The first-order valence-electron chi connectivity index (χ1n) is 4.33. The highest BCUT2D eigenvalue weighted by Crippen LogP contribution is 2.15. The van der Waals surface area contributed by atoms with Crippen LogP contribution in [0.1, 0.15) is 31.3 Å². The summed E-state index contributed by atoms with van der Waals surface area (Å²) in [7, 11) is -3.68. The minimum absolute atomic E-state index is 0.00992. The predicted molar refractivity (Wildman–Crippen MR) is 54.2 cm³/mol. The summed E-state index contributed by atoms with van der Waals surface area (Å²) in [4.78, 5) is 10.3. The third-order valence-corrected chi connectivity index (χ3v) is 3.05. The summed E-state index contributed by atoms with van der Waals surface area (Å²) in [6, 6.07) is 2.56. The number of hydrogen-bond donors (Lipinski definition) is 1. The van der Waals surface area contributed by atoms with Gasteiger partial charge in [0.15, 0.2) is 12.0 Å². The van der Waals surface area contributed by atoms with Gasteiger partial charge in [-0.05, 0) is 32.9 Å². The summed E-state index contributed by atoms with van der Waals surface area (Å²) >= 11 is 0. The van der Waals surface area contributed by atoms with Crippen LogP contribution in [-0.2, 0) is 10.0 Å². The van der Waals surface area contributed by atoms with Crippen LogP contribution in [0.4, 0.5) is 0 Å². The predicted octanol–water partition coefficient (Wildman–Crippen LogP) is 1.17. The molecule has 0 bridgehead atoms. The van der Waals surface area contributed by atoms with Crippen molar-refractivity contribution in [1.29, 1.82) is 0 Å². The van der Waals surface area contributed by atoms with Gasteiger partial charge in [-0.3, -0.25) is 4.79 Å². The zero-order valence-electron chi connectivity index (χ0n) is 8.77. The van der Waals surface area contributed by atoms with Crippen molar-refractivity contribution in [3.05, 3.63) is 17.9 Å². The summed E-state index contributed by atoms with van der Waals surface area (Å²) in [6.45, 7) is 5.15. The van der Waals surface area contributed by atoms with Gasteiger partial charge in [-0.15, -0.1) is 0 Å². The minimum atomic E-state index is -3.68. The van der Waals surface area contributed by atoms with Crippen molar-refractivity contribution in [2.24, 2.45) is 0 Å². The Morgan fingerprint density at radius 2 is 1.93 bits per heavy atom. The SMILES string of the molecule is CC(C)(C)NS(=O)(=O)c1ccc(C=O)o1. The number of carbonyl (C=O) groups excluding carboxylic acids is 1. The summed E-state index contributed by atoms with van der Waals surface area (Å²) < 4.78 is 30.5. The summed E-state index contributed by atoms with van der Waals surface area (Å²) in [5, 5.41) is -0.250. The van der Waals surface area contributed by atoms with Gasteiger partial charge in [-0.25, -0.2) is 13.1 Å². The highest BCUT2D eigenvalue weighted by atomic mass is 32.2. The van der Waals surface area contributed by atoms with Crippen molar-refractivity contribution in [2.75, 3.05) is 0 Å². The molecule has 0 saturated heterocycles. The quantitative estimate of drug-likeness (QED) is 0.792. The fourth-order valence-corrected chi connectivity index (χ4v) is 2.36. The Labute approximate surface area is 88.5 Å². The lowest BCUT2D eigenvalue weighted by Crippen LogP contribution is -2.40. The van der Waals surface area contributed by atoms with Crippen molar-refractivity contribution in [3.63, 3.8) is 0 Å². The first kappa shape index (κ1) is 11.9. The first-order valence-corrected chi connectivity index (χ1v) is 5.82. The smallest absolute Gasteiger partial charge is 0.274 e. The van der Waals surface area contributed by atoms with Crippen LogP contribution in [-0.4, -0.2) is 20.2 Å². The van der Waals surface area contributed by atoms with Crippen LogP contribution in [0.2, 0.25) is 0 Å². The standard InChI is InChI=1S/C9H13NO4S/c1-9(2,3)10-15(12,13)8-5-4-7(6-11)14-8/h4-6,10H,1-3H3. The molecule has 0 fully saturated rings. The third kappa shape index (κ3) is 3.17. The number of hydrogen-bond acceptors (Lipinski definition) is 4. The number of furan rings is 1. The van der Waals surface area contributed by atoms with E-state index in [1.165, 1.54) is 12.1 Å². The molecule has 84 valence electrons. The van der Waals surface area contributed by atoms with Crippen molar-refractivity contribution in [1.82, 2.24) is 4.72 Å². The normalized spacial score (nSPS) is 12.7. The molecule has 0 spiro atoms. The maximum Gasteiger partial charge on any atom is 0.274 e. The van der Waals surface area contributed by atoms with Crippen LogP contribution in [0.25, 0.3) is 0 Å². The van der Waals surface area contributed by atoms with E-state index in [0.29, 0.717) is 6.29 Å². The van der Waals surface area contributed by atoms with E-state index in [0.717, 1.165) is 0 Å². The Bertz CT molecular complexity index is 453. The Hall–Kier alpha value is -1.14. The van der Waals surface area contributed by atoms with E-state index < -0.39 is 15.6 Å². The van der Waals surface area contributed by atoms with E-state index in [4.69, 9.17) is 4.42 Å². The molecule has 0 amide bonds. The molecule has 0 aliphatic carbocycles. The van der Waals surface area contributed by atoms with Crippen LogP contribution >= 0.6 is 0 Å². The van der Waals surface area contributed by atoms with E-state index >= 15 is 0 Å². The highest BCUT2D eigenvalue weighted by molar-refractivity contribution is 7.89. The van der Waals surface area contributed by atoms with Crippen LogP contribution in [0.5, 0.6) is 0 Å². The second kappa shape index (κ2) is 3.79. The molecule has 0 radical (unpaired) electrons. The van der Waals surface area contributed by atoms with E-state index in [1.807, 2.05) is 0 Å². The number of aldehydes is 1. The largest absolute Gasteiger partial charge is 0.440 e. The molecule has 0 saturated carbocycles. The first-order chi connectivity index (χ1) is 6.74. The van der Waals surface area contributed by atoms with Crippen LogP contribution < -0.4 is 4.72 Å². The molecule has 6 heteroatoms. The molecule has 15 heavy (non-hydrogen) atoms. The fraction of sp³-hybridized carbons (Fsp3) is 0.444. The molecule has 1 rings (SSSR count). The highest BCUT2D eigenvalue weighted by Gasteiger charge is 2.24. The van der Waals surface area contributed by atoms with E-state index in [1.54, 1.807) is 20.8 Å². The lowest BCUT2D eigenvalue weighted by atomic mass is 10.1. The van der Waals surface area contributed by atoms with E-state index in [-0.39, 0.29) is 10.9 Å². The average molecular weight is 231 g/mol. The van der Waals surface area contributed by atoms with Gasteiger partial charge >= 0.3 is 0 Å².